The molecule has 0 saturated heterocycles. The smallest absolute Gasteiger partial charge is 0.243 e. The average Bonchev–Trinajstić information content (AvgIpc) is 2.94. The van der Waals surface area contributed by atoms with E-state index in [1.165, 1.54) is 11.0 Å². The summed E-state index contributed by atoms with van der Waals surface area (Å²) in [6.07, 6.45) is 1.90. The van der Waals surface area contributed by atoms with Crippen molar-refractivity contribution in [1.29, 1.82) is 0 Å². The van der Waals surface area contributed by atoms with Gasteiger partial charge >= 0.3 is 0 Å². The van der Waals surface area contributed by atoms with E-state index < -0.39 is 27.7 Å². The van der Waals surface area contributed by atoms with Crippen LogP contribution in [-0.4, -0.2) is 50.0 Å². The third-order valence-corrected chi connectivity index (χ3v) is 8.29. The van der Waals surface area contributed by atoms with E-state index in [9.17, 15) is 26.8 Å². The number of sulfonamides is 1. The minimum atomic E-state index is -3.87. The van der Waals surface area contributed by atoms with Crippen LogP contribution in [-0.2, 0) is 32.6 Å². The maximum absolute atomic E-state index is 13.9. The van der Waals surface area contributed by atoms with E-state index in [1.54, 1.807) is 18.2 Å². The first-order valence-corrected chi connectivity index (χ1v) is 15.9. The highest BCUT2D eigenvalue weighted by atomic mass is 35.5. The first-order chi connectivity index (χ1) is 19.9. The van der Waals surface area contributed by atoms with Crippen molar-refractivity contribution in [3.63, 3.8) is 0 Å². The summed E-state index contributed by atoms with van der Waals surface area (Å²) in [7, 11) is -3.87. The fourth-order valence-electron chi connectivity index (χ4n) is 4.47. The van der Waals surface area contributed by atoms with Crippen LogP contribution in [0.4, 0.5) is 14.5 Å². The van der Waals surface area contributed by atoms with Gasteiger partial charge in [-0.1, -0.05) is 61.0 Å². The van der Waals surface area contributed by atoms with E-state index >= 15 is 0 Å². The molecule has 0 radical (unpaired) electrons. The van der Waals surface area contributed by atoms with E-state index in [0.29, 0.717) is 11.4 Å². The second-order valence-electron chi connectivity index (χ2n) is 10.2. The summed E-state index contributed by atoms with van der Waals surface area (Å²) in [6, 6.07) is 18.2. The van der Waals surface area contributed by atoms with Crippen molar-refractivity contribution in [2.24, 2.45) is 0 Å². The molecule has 3 rings (SSSR count). The normalized spacial score (nSPS) is 12.8. The lowest BCUT2D eigenvalue weighted by molar-refractivity contribution is -0.141. The second-order valence-corrected chi connectivity index (χ2v) is 12.6. The van der Waals surface area contributed by atoms with Crippen molar-refractivity contribution in [3.05, 3.63) is 101 Å². The summed E-state index contributed by atoms with van der Waals surface area (Å²) in [5.74, 6) is -2.95. The Bertz CT molecular complexity index is 1470. The number of carbonyl (C=O) groups excluding carboxylic acids is 2. The van der Waals surface area contributed by atoms with Crippen LogP contribution in [0.2, 0.25) is 5.02 Å². The van der Waals surface area contributed by atoms with Gasteiger partial charge in [-0.25, -0.2) is 17.2 Å². The highest BCUT2D eigenvalue weighted by Gasteiger charge is 2.31. The van der Waals surface area contributed by atoms with E-state index in [4.69, 9.17) is 11.6 Å². The van der Waals surface area contributed by atoms with Gasteiger partial charge < -0.3 is 10.2 Å². The maximum atomic E-state index is 13.9. The van der Waals surface area contributed by atoms with Crippen molar-refractivity contribution in [1.82, 2.24) is 10.2 Å². The number of amides is 2. The van der Waals surface area contributed by atoms with Gasteiger partial charge in [0.05, 0.1) is 11.9 Å². The zero-order valence-corrected chi connectivity index (χ0v) is 25.5. The van der Waals surface area contributed by atoms with Crippen molar-refractivity contribution < 1.29 is 26.8 Å². The molecule has 2 atom stereocenters. The van der Waals surface area contributed by atoms with Crippen LogP contribution in [0.5, 0.6) is 0 Å². The fraction of sp³-hybridized carbons (Fsp3) is 0.355. The molecule has 0 heterocycles. The van der Waals surface area contributed by atoms with Crippen LogP contribution in [0.1, 0.15) is 44.2 Å². The zero-order chi connectivity index (χ0) is 30.9. The van der Waals surface area contributed by atoms with Crippen LogP contribution in [0.15, 0.2) is 72.8 Å². The number of halogens is 3. The molecule has 226 valence electrons. The number of nitrogens with zero attached hydrogens (tertiary/aromatic N) is 2. The number of nitrogens with one attached hydrogen (secondary N) is 1. The molecule has 3 aromatic carbocycles. The Labute approximate surface area is 251 Å². The van der Waals surface area contributed by atoms with Gasteiger partial charge in [-0.2, -0.15) is 0 Å². The van der Waals surface area contributed by atoms with E-state index in [2.05, 4.69) is 5.32 Å². The lowest BCUT2D eigenvalue weighted by Crippen LogP contribution is -2.52. The molecule has 0 aromatic heterocycles. The number of benzene rings is 3. The van der Waals surface area contributed by atoms with Crippen LogP contribution in [0, 0.1) is 11.6 Å². The van der Waals surface area contributed by atoms with Gasteiger partial charge in [0.2, 0.25) is 21.8 Å². The molecule has 3 aromatic rings. The third kappa shape index (κ3) is 9.52. The van der Waals surface area contributed by atoms with Gasteiger partial charge in [-0.3, -0.25) is 13.9 Å². The van der Waals surface area contributed by atoms with Crippen LogP contribution < -0.4 is 9.62 Å². The molecule has 0 unspecified atom stereocenters. The van der Waals surface area contributed by atoms with Crippen LogP contribution in [0.25, 0.3) is 0 Å². The molecule has 0 aliphatic heterocycles. The predicted molar refractivity (Wildman–Crippen MR) is 162 cm³/mol. The Morgan fingerprint density at radius 1 is 0.952 bits per heavy atom. The van der Waals surface area contributed by atoms with Crippen LogP contribution in [0.3, 0.4) is 0 Å². The lowest BCUT2D eigenvalue weighted by atomic mass is 10.0. The maximum Gasteiger partial charge on any atom is 0.243 e. The molecule has 7 nitrogen and oxygen atoms in total. The Morgan fingerprint density at radius 2 is 1.64 bits per heavy atom. The second kappa shape index (κ2) is 15.1. The summed E-state index contributed by atoms with van der Waals surface area (Å²) in [5, 5.41) is 3.48. The number of hydrogen-bond acceptors (Lipinski definition) is 4. The molecule has 0 spiro atoms. The standard InChI is InChI=1S/C31H36ClF2N3O4S/c1-4-22(2)35-31(39)29(19-23-10-6-5-7-11-23)36(21-24-12-8-13-25(32)18-24)30(38)14-9-17-37(42(3,40)41)26-15-16-27(33)28(34)20-26/h5-8,10-13,15-16,18,20,22,29H,4,9,14,17,19,21H2,1-3H3,(H,35,39)/t22-,29+/m1/s1. The zero-order valence-electron chi connectivity index (χ0n) is 23.9. The average molecular weight is 620 g/mol. The Balaban J connectivity index is 1.90. The topological polar surface area (TPSA) is 86.8 Å². The van der Waals surface area contributed by atoms with Gasteiger partial charge in [0.25, 0.3) is 0 Å². The minimum absolute atomic E-state index is 0.0467. The van der Waals surface area contributed by atoms with Gasteiger partial charge in [-0.15, -0.1) is 0 Å². The van der Waals surface area contributed by atoms with E-state index in [-0.39, 0.29) is 55.9 Å². The van der Waals surface area contributed by atoms with Gasteiger partial charge in [0.1, 0.15) is 6.04 Å². The van der Waals surface area contributed by atoms with E-state index in [0.717, 1.165) is 33.8 Å². The highest BCUT2D eigenvalue weighted by molar-refractivity contribution is 7.92. The Morgan fingerprint density at radius 3 is 2.26 bits per heavy atom. The predicted octanol–water partition coefficient (Wildman–Crippen LogP) is 5.72. The molecule has 11 heteroatoms. The summed E-state index contributed by atoms with van der Waals surface area (Å²) in [4.78, 5) is 28.9. The molecular formula is C31H36ClF2N3O4S. The third-order valence-electron chi connectivity index (χ3n) is 6.86. The van der Waals surface area contributed by atoms with Gasteiger partial charge in [0.15, 0.2) is 11.6 Å². The molecule has 0 aliphatic carbocycles. The van der Waals surface area contributed by atoms with Crippen molar-refractivity contribution >= 4 is 39.1 Å². The largest absolute Gasteiger partial charge is 0.352 e. The first kappa shape index (κ1) is 33.0. The summed E-state index contributed by atoms with van der Waals surface area (Å²) >= 11 is 6.21. The number of rotatable bonds is 14. The van der Waals surface area contributed by atoms with Gasteiger partial charge in [0, 0.05) is 43.1 Å². The molecule has 2 amide bonds. The van der Waals surface area contributed by atoms with Crippen molar-refractivity contribution in [2.45, 2.75) is 58.2 Å². The molecule has 0 bridgehead atoms. The molecule has 0 saturated carbocycles. The van der Waals surface area contributed by atoms with E-state index in [1.807, 2.05) is 50.2 Å². The number of anilines is 1. The Kier molecular flexibility index (Phi) is 11.9. The van der Waals surface area contributed by atoms with Crippen LogP contribution >= 0.6 is 11.6 Å². The van der Waals surface area contributed by atoms with Crippen molar-refractivity contribution in [2.75, 3.05) is 17.1 Å². The molecule has 0 fully saturated rings. The summed E-state index contributed by atoms with van der Waals surface area (Å²) in [5.41, 5.74) is 1.55. The minimum Gasteiger partial charge on any atom is -0.352 e. The quantitative estimate of drug-likeness (QED) is 0.250. The monoisotopic (exact) mass is 619 g/mol. The lowest BCUT2D eigenvalue weighted by Gasteiger charge is -2.32. The fourth-order valence-corrected chi connectivity index (χ4v) is 5.64. The first-order valence-electron chi connectivity index (χ1n) is 13.7. The number of hydrogen-bond donors (Lipinski definition) is 1. The van der Waals surface area contributed by atoms with Crippen molar-refractivity contribution in [3.8, 4) is 0 Å². The molecule has 42 heavy (non-hydrogen) atoms. The molecule has 1 N–H and O–H groups in total. The molecular weight excluding hydrogens is 584 g/mol. The Hall–Kier alpha value is -3.50. The summed E-state index contributed by atoms with van der Waals surface area (Å²) < 4.78 is 53.3. The highest BCUT2D eigenvalue weighted by Crippen LogP contribution is 2.23. The number of carbonyl (C=O) groups is 2. The summed E-state index contributed by atoms with van der Waals surface area (Å²) in [6.45, 7) is 3.79. The van der Waals surface area contributed by atoms with Gasteiger partial charge in [-0.05, 0) is 55.2 Å². The SMILES string of the molecule is CC[C@@H](C)NC(=O)[C@H](Cc1ccccc1)N(Cc1cccc(Cl)c1)C(=O)CCCN(c1ccc(F)c(F)c1)S(C)(=O)=O. The molecule has 0 aliphatic rings.